The zero-order valence-electron chi connectivity index (χ0n) is 6.98. The predicted octanol–water partition coefficient (Wildman–Crippen LogP) is 2.57. The van der Waals surface area contributed by atoms with Crippen molar-refractivity contribution in [3.8, 4) is 0 Å². The molecule has 0 bridgehead atoms. The molecule has 1 heterocycles. The lowest BCUT2D eigenvalue weighted by molar-refractivity contribution is 0.371. The van der Waals surface area contributed by atoms with Crippen LogP contribution in [-0.2, 0) is 0 Å². The van der Waals surface area contributed by atoms with Gasteiger partial charge in [-0.15, -0.1) is 11.8 Å². The third kappa shape index (κ3) is 2.33. The van der Waals surface area contributed by atoms with Crippen LogP contribution in [0, 0.1) is 5.41 Å². The molecule has 0 saturated carbocycles. The lowest BCUT2D eigenvalue weighted by Gasteiger charge is -2.18. The van der Waals surface area contributed by atoms with E-state index in [0.717, 1.165) is 6.54 Å². The first kappa shape index (κ1) is 8.12. The highest BCUT2D eigenvalue weighted by Crippen LogP contribution is 2.26. The van der Waals surface area contributed by atoms with Gasteiger partial charge in [0.2, 0.25) is 0 Å². The van der Waals surface area contributed by atoms with Crippen molar-refractivity contribution in [2.45, 2.75) is 27.2 Å². The van der Waals surface area contributed by atoms with Crippen molar-refractivity contribution in [1.29, 1.82) is 0 Å². The Morgan fingerprint density at radius 3 is 2.90 bits per heavy atom. The Hall–Kier alpha value is 0.0200. The average Bonchev–Trinajstić information content (AvgIpc) is 1.94. The quantitative estimate of drug-likeness (QED) is 0.526. The van der Waals surface area contributed by atoms with Gasteiger partial charge in [0.05, 0.1) is 5.04 Å². The molecule has 0 aromatic rings. The molecule has 0 saturated heterocycles. The summed E-state index contributed by atoms with van der Waals surface area (Å²) in [6.45, 7) is 7.68. The molecule has 10 heavy (non-hydrogen) atoms. The Morgan fingerprint density at radius 1 is 1.50 bits per heavy atom. The molecule has 0 aromatic heterocycles. The van der Waals surface area contributed by atoms with Gasteiger partial charge in [-0.05, 0) is 24.5 Å². The Kier molecular flexibility index (Phi) is 2.40. The van der Waals surface area contributed by atoms with Crippen LogP contribution in [0.3, 0.4) is 0 Å². The van der Waals surface area contributed by atoms with E-state index in [1.165, 1.54) is 17.2 Å². The second-order valence-corrected chi connectivity index (χ2v) is 4.89. The summed E-state index contributed by atoms with van der Waals surface area (Å²) in [6.07, 6.45) is 1.29. The van der Waals surface area contributed by atoms with Gasteiger partial charge in [0.1, 0.15) is 0 Å². The van der Waals surface area contributed by atoms with Crippen LogP contribution in [0.25, 0.3) is 0 Å². The molecule has 1 aliphatic heterocycles. The third-order valence-electron chi connectivity index (χ3n) is 1.82. The molecule has 0 radical (unpaired) electrons. The van der Waals surface area contributed by atoms with Gasteiger partial charge in [0, 0.05) is 6.54 Å². The van der Waals surface area contributed by atoms with Gasteiger partial charge in [-0.25, -0.2) is 0 Å². The van der Waals surface area contributed by atoms with Crippen LogP contribution in [0.5, 0.6) is 0 Å². The van der Waals surface area contributed by atoms with E-state index in [-0.39, 0.29) is 0 Å². The molecule has 0 fully saturated rings. The Morgan fingerprint density at radius 2 is 2.20 bits per heavy atom. The van der Waals surface area contributed by atoms with Gasteiger partial charge in [-0.1, -0.05) is 13.8 Å². The van der Waals surface area contributed by atoms with Crippen LogP contribution >= 0.6 is 11.8 Å². The van der Waals surface area contributed by atoms with Crippen molar-refractivity contribution in [3.05, 3.63) is 0 Å². The van der Waals surface area contributed by atoms with E-state index in [4.69, 9.17) is 0 Å². The van der Waals surface area contributed by atoms with Gasteiger partial charge in [0.15, 0.2) is 0 Å². The standard InChI is InChI=1S/C8H15NS/c1-7-9-6-8(2,3)4-5-10-7/h4-6H2,1-3H3. The molecule has 2 heteroatoms. The number of hydrogen-bond donors (Lipinski definition) is 0. The lowest BCUT2D eigenvalue weighted by atomic mass is 9.91. The largest absolute Gasteiger partial charge is 0.283 e. The smallest absolute Gasteiger partial charge is 0.0645 e. The van der Waals surface area contributed by atoms with E-state index in [0.29, 0.717) is 5.41 Å². The summed E-state index contributed by atoms with van der Waals surface area (Å²) in [7, 11) is 0. The lowest BCUT2D eigenvalue weighted by Crippen LogP contribution is -2.14. The number of nitrogens with zero attached hydrogens (tertiary/aromatic N) is 1. The van der Waals surface area contributed by atoms with Crippen molar-refractivity contribution in [1.82, 2.24) is 0 Å². The summed E-state index contributed by atoms with van der Waals surface area (Å²) in [5.74, 6) is 1.24. The maximum absolute atomic E-state index is 4.46. The van der Waals surface area contributed by atoms with E-state index >= 15 is 0 Å². The molecule has 1 rings (SSSR count). The highest BCUT2D eigenvalue weighted by molar-refractivity contribution is 8.13. The Bertz CT molecular complexity index is 149. The molecular formula is C8H15NS. The summed E-state index contributed by atoms with van der Waals surface area (Å²) in [6, 6.07) is 0. The van der Waals surface area contributed by atoms with Crippen molar-refractivity contribution in [3.63, 3.8) is 0 Å². The zero-order valence-corrected chi connectivity index (χ0v) is 7.79. The van der Waals surface area contributed by atoms with E-state index in [2.05, 4.69) is 25.8 Å². The molecule has 0 unspecified atom stereocenters. The van der Waals surface area contributed by atoms with Crippen LogP contribution in [0.15, 0.2) is 4.99 Å². The van der Waals surface area contributed by atoms with Crippen LogP contribution in [0.2, 0.25) is 0 Å². The molecule has 0 atom stereocenters. The first-order chi connectivity index (χ1) is 4.60. The number of hydrogen-bond acceptors (Lipinski definition) is 2. The molecule has 1 aliphatic rings. The summed E-state index contributed by atoms with van der Waals surface area (Å²) >= 11 is 1.89. The normalized spacial score (nSPS) is 25.3. The van der Waals surface area contributed by atoms with E-state index in [1.807, 2.05) is 11.8 Å². The number of thioether (sulfide) groups is 1. The maximum atomic E-state index is 4.46. The minimum absolute atomic E-state index is 0.435. The zero-order chi connectivity index (χ0) is 7.61. The van der Waals surface area contributed by atoms with Gasteiger partial charge < -0.3 is 0 Å². The van der Waals surface area contributed by atoms with Crippen molar-refractivity contribution in [2.75, 3.05) is 12.3 Å². The monoisotopic (exact) mass is 157 g/mol. The second kappa shape index (κ2) is 2.95. The molecule has 0 aromatic carbocycles. The highest BCUT2D eigenvalue weighted by atomic mass is 32.2. The molecule has 0 N–H and O–H groups in total. The first-order valence-electron chi connectivity index (χ1n) is 3.74. The SMILES string of the molecule is CC1=NCC(C)(C)CCS1. The molecule has 58 valence electrons. The minimum Gasteiger partial charge on any atom is -0.283 e. The predicted molar refractivity (Wildman–Crippen MR) is 48.8 cm³/mol. The van der Waals surface area contributed by atoms with Gasteiger partial charge in [-0.2, -0.15) is 0 Å². The molecule has 0 spiro atoms. The summed E-state index contributed by atoms with van der Waals surface area (Å²) in [4.78, 5) is 4.46. The summed E-state index contributed by atoms with van der Waals surface area (Å²) in [5, 5.41) is 1.26. The Balaban J connectivity index is 2.57. The topological polar surface area (TPSA) is 12.4 Å². The molecule has 0 amide bonds. The van der Waals surface area contributed by atoms with Crippen molar-refractivity contribution in [2.24, 2.45) is 10.4 Å². The number of rotatable bonds is 0. The van der Waals surface area contributed by atoms with Crippen molar-refractivity contribution < 1.29 is 0 Å². The minimum atomic E-state index is 0.435. The van der Waals surface area contributed by atoms with Crippen LogP contribution in [0.1, 0.15) is 27.2 Å². The molecular weight excluding hydrogens is 142 g/mol. The van der Waals surface area contributed by atoms with Crippen LogP contribution < -0.4 is 0 Å². The van der Waals surface area contributed by atoms with Gasteiger partial charge >= 0.3 is 0 Å². The fraction of sp³-hybridized carbons (Fsp3) is 0.875. The number of aliphatic imine (C=N–C) groups is 1. The fourth-order valence-electron chi connectivity index (χ4n) is 0.925. The van der Waals surface area contributed by atoms with E-state index in [9.17, 15) is 0 Å². The third-order valence-corrected chi connectivity index (χ3v) is 2.77. The first-order valence-corrected chi connectivity index (χ1v) is 4.73. The Labute approximate surface area is 67.3 Å². The second-order valence-electron chi connectivity index (χ2n) is 3.60. The van der Waals surface area contributed by atoms with Crippen LogP contribution in [-0.4, -0.2) is 17.3 Å². The fourth-order valence-corrected chi connectivity index (χ4v) is 2.03. The maximum Gasteiger partial charge on any atom is 0.0645 e. The highest BCUT2D eigenvalue weighted by Gasteiger charge is 2.19. The van der Waals surface area contributed by atoms with E-state index < -0.39 is 0 Å². The van der Waals surface area contributed by atoms with Gasteiger partial charge in [-0.3, -0.25) is 4.99 Å². The molecule has 1 nitrogen and oxygen atoms in total. The summed E-state index contributed by atoms with van der Waals surface area (Å²) in [5.41, 5.74) is 0.435. The van der Waals surface area contributed by atoms with Gasteiger partial charge in [0.25, 0.3) is 0 Å². The van der Waals surface area contributed by atoms with E-state index in [1.54, 1.807) is 0 Å². The average molecular weight is 157 g/mol. The van der Waals surface area contributed by atoms with Crippen LogP contribution in [0.4, 0.5) is 0 Å². The molecule has 0 aliphatic carbocycles. The summed E-state index contributed by atoms with van der Waals surface area (Å²) < 4.78 is 0. The van der Waals surface area contributed by atoms with Crippen molar-refractivity contribution >= 4 is 16.8 Å².